The van der Waals surface area contributed by atoms with Gasteiger partial charge in [-0.15, -0.1) is 0 Å². The molecule has 2 aromatic rings. The molecular formula is C23H28O4S. The second kappa shape index (κ2) is 9.68. The molecule has 2 aliphatic rings. The molecule has 2 aliphatic heterocycles. The Labute approximate surface area is 172 Å². The highest BCUT2D eigenvalue weighted by atomic mass is 32.1. The van der Waals surface area contributed by atoms with Crippen molar-refractivity contribution in [3.63, 3.8) is 0 Å². The molecule has 0 saturated carbocycles. The van der Waals surface area contributed by atoms with Gasteiger partial charge in [0.1, 0.15) is 23.7 Å². The van der Waals surface area contributed by atoms with Crippen molar-refractivity contribution in [3.8, 4) is 11.5 Å². The number of para-hydroxylation sites is 2. The highest BCUT2D eigenvalue weighted by Crippen LogP contribution is 2.40. The Morgan fingerprint density at radius 1 is 0.679 bits per heavy atom. The summed E-state index contributed by atoms with van der Waals surface area (Å²) in [6.07, 6.45) is 4.10. The zero-order chi connectivity index (χ0) is 19.2. The lowest BCUT2D eigenvalue weighted by Crippen LogP contribution is -2.26. The number of thiol groups is 1. The van der Waals surface area contributed by atoms with Crippen LogP contribution in [0.2, 0.25) is 0 Å². The van der Waals surface area contributed by atoms with Crippen LogP contribution in [0.3, 0.4) is 0 Å². The molecule has 0 radical (unpaired) electrons. The smallest absolute Gasteiger partial charge is 0.124 e. The molecule has 2 fully saturated rings. The topological polar surface area (TPSA) is 36.9 Å². The summed E-state index contributed by atoms with van der Waals surface area (Å²) in [4.78, 5) is 0. The normalized spacial score (nSPS) is 18.9. The summed E-state index contributed by atoms with van der Waals surface area (Å²) in [7, 11) is 0. The Hall–Kier alpha value is -1.69. The van der Waals surface area contributed by atoms with Crippen LogP contribution in [0, 0.1) is 0 Å². The van der Waals surface area contributed by atoms with Crippen LogP contribution >= 0.6 is 12.6 Å². The number of hydrogen-bond donors (Lipinski definition) is 1. The van der Waals surface area contributed by atoms with Gasteiger partial charge in [0.2, 0.25) is 0 Å². The van der Waals surface area contributed by atoms with Crippen LogP contribution in [0.4, 0.5) is 0 Å². The van der Waals surface area contributed by atoms with Crippen LogP contribution in [-0.2, 0) is 9.47 Å². The zero-order valence-electron chi connectivity index (χ0n) is 16.1. The molecule has 28 heavy (non-hydrogen) atoms. The largest absolute Gasteiger partial charge is 0.490 e. The van der Waals surface area contributed by atoms with E-state index >= 15 is 0 Å². The number of hydrogen-bond acceptors (Lipinski definition) is 5. The predicted octanol–water partition coefficient (Wildman–Crippen LogP) is 4.82. The van der Waals surface area contributed by atoms with Crippen molar-refractivity contribution in [2.75, 3.05) is 26.4 Å². The van der Waals surface area contributed by atoms with Gasteiger partial charge < -0.3 is 18.9 Å². The molecule has 4 rings (SSSR count). The van der Waals surface area contributed by atoms with Crippen LogP contribution in [-0.4, -0.2) is 38.6 Å². The quantitative estimate of drug-likeness (QED) is 0.706. The van der Waals surface area contributed by atoms with E-state index < -0.39 is 0 Å². The number of benzene rings is 2. The zero-order valence-corrected chi connectivity index (χ0v) is 17.0. The van der Waals surface area contributed by atoms with Crippen molar-refractivity contribution < 1.29 is 18.9 Å². The fourth-order valence-electron chi connectivity index (χ4n) is 3.74. The molecule has 4 nitrogen and oxygen atoms in total. The summed E-state index contributed by atoms with van der Waals surface area (Å²) in [5.74, 6) is 1.80. The fraction of sp³-hybridized carbons (Fsp3) is 0.478. The van der Waals surface area contributed by atoms with Gasteiger partial charge in [0.25, 0.3) is 0 Å². The molecule has 2 saturated heterocycles. The molecule has 2 aromatic carbocycles. The van der Waals surface area contributed by atoms with Crippen molar-refractivity contribution in [1.82, 2.24) is 0 Å². The summed E-state index contributed by atoms with van der Waals surface area (Å²) in [5.41, 5.74) is 2.14. The Kier molecular flexibility index (Phi) is 6.78. The van der Waals surface area contributed by atoms with Crippen molar-refractivity contribution in [2.24, 2.45) is 0 Å². The van der Waals surface area contributed by atoms with E-state index in [1.54, 1.807) is 0 Å². The van der Waals surface area contributed by atoms with Gasteiger partial charge in [-0.2, -0.15) is 12.6 Å². The van der Waals surface area contributed by atoms with Gasteiger partial charge in [0.05, 0.1) is 31.7 Å². The van der Waals surface area contributed by atoms with Crippen molar-refractivity contribution >= 4 is 12.6 Å². The van der Waals surface area contributed by atoms with E-state index in [0.717, 1.165) is 74.7 Å². The van der Waals surface area contributed by atoms with Gasteiger partial charge in [-0.1, -0.05) is 36.4 Å². The third-order valence-corrected chi connectivity index (χ3v) is 5.91. The maximum atomic E-state index is 6.33. The summed E-state index contributed by atoms with van der Waals surface area (Å²) in [5, 5.41) is -0.118. The highest BCUT2D eigenvalue weighted by Gasteiger charge is 2.23. The molecule has 0 spiro atoms. The Bertz CT molecular complexity index is 690. The Morgan fingerprint density at radius 2 is 1.07 bits per heavy atom. The van der Waals surface area contributed by atoms with E-state index in [1.165, 1.54) is 0 Å². The Balaban J connectivity index is 1.55. The minimum Gasteiger partial charge on any atom is -0.490 e. The van der Waals surface area contributed by atoms with E-state index in [0.29, 0.717) is 0 Å². The fourth-order valence-corrected chi connectivity index (χ4v) is 4.17. The Morgan fingerprint density at radius 3 is 1.50 bits per heavy atom. The lowest BCUT2D eigenvalue weighted by atomic mass is 10.0. The molecule has 0 aromatic heterocycles. The van der Waals surface area contributed by atoms with Crippen molar-refractivity contribution in [2.45, 2.75) is 43.1 Å². The molecular weight excluding hydrogens is 372 g/mol. The highest BCUT2D eigenvalue weighted by molar-refractivity contribution is 7.80. The molecule has 0 amide bonds. The van der Waals surface area contributed by atoms with E-state index in [2.05, 4.69) is 12.1 Å². The van der Waals surface area contributed by atoms with Gasteiger partial charge in [-0.3, -0.25) is 0 Å². The predicted molar refractivity (Wildman–Crippen MR) is 113 cm³/mol. The average molecular weight is 401 g/mol. The van der Waals surface area contributed by atoms with Gasteiger partial charge in [-0.05, 0) is 12.1 Å². The van der Waals surface area contributed by atoms with Crippen LogP contribution in [0.1, 0.15) is 42.1 Å². The average Bonchev–Trinajstić information content (AvgIpc) is 2.76. The maximum Gasteiger partial charge on any atom is 0.124 e. The molecule has 2 heterocycles. The number of rotatable bonds is 6. The number of ether oxygens (including phenoxy) is 4. The SMILES string of the molecule is SC(c1ccccc1OC1CCOCC1)c1ccccc1OC1CCOCC1. The monoisotopic (exact) mass is 400 g/mol. The summed E-state index contributed by atoms with van der Waals surface area (Å²) < 4.78 is 23.6. The van der Waals surface area contributed by atoms with Crippen LogP contribution in [0.25, 0.3) is 0 Å². The van der Waals surface area contributed by atoms with Crippen LogP contribution in [0.5, 0.6) is 11.5 Å². The van der Waals surface area contributed by atoms with Crippen molar-refractivity contribution in [3.05, 3.63) is 59.7 Å². The third kappa shape index (κ3) is 4.83. The lowest BCUT2D eigenvalue weighted by Gasteiger charge is -2.27. The first-order valence-corrected chi connectivity index (χ1v) is 10.7. The van der Waals surface area contributed by atoms with E-state index in [9.17, 15) is 0 Å². The molecule has 0 atom stereocenters. The van der Waals surface area contributed by atoms with Gasteiger partial charge >= 0.3 is 0 Å². The third-order valence-electron chi connectivity index (χ3n) is 5.35. The van der Waals surface area contributed by atoms with Crippen molar-refractivity contribution in [1.29, 1.82) is 0 Å². The first-order chi connectivity index (χ1) is 13.8. The first kappa shape index (κ1) is 19.6. The summed E-state index contributed by atoms with van der Waals surface area (Å²) in [6, 6.07) is 16.4. The second-order valence-corrected chi connectivity index (χ2v) is 7.85. The summed E-state index contributed by atoms with van der Waals surface area (Å²) >= 11 is 4.97. The molecule has 0 unspecified atom stereocenters. The molecule has 5 heteroatoms. The molecule has 0 N–H and O–H groups in total. The lowest BCUT2D eigenvalue weighted by molar-refractivity contribution is 0.0249. The first-order valence-electron chi connectivity index (χ1n) is 10.2. The van der Waals surface area contributed by atoms with Gasteiger partial charge in [0.15, 0.2) is 0 Å². The minimum absolute atomic E-state index is 0.118. The molecule has 150 valence electrons. The van der Waals surface area contributed by atoms with Gasteiger partial charge in [-0.25, -0.2) is 0 Å². The molecule has 0 aliphatic carbocycles. The van der Waals surface area contributed by atoms with Crippen LogP contribution < -0.4 is 9.47 Å². The van der Waals surface area contributed by atoms with E-state index in [4.69, 9.17) is 31.6 Å². The van der Waals surface area contributed by atoms with Gasteiger partial charge in [0, 0.05) is 36.8 Å². The maximum absolute atomic E-state index is 6.33. The summed E-state index contributed by atoms with van der Waals surface area (Å²) in [6.45, 7) is 3.05. The van der Waals surface area contributed by atoms with Crippen LogP contribution in [0.15, 0.2) is 48.5 Å². The van der Waals surface area contributed by atoms with E-state index in [-0.39, 0.29) is 17.5 Å². The second-order valence-electron chi connectivity index (χ2n) is 7.34. The van der Waals surface area contributed by atoms with E-state index in [1.807, 2.05) is 36.4 Å². The molecule has 0 bridgehead atoms. The standard InChI is InChI=1S/C23H28O4S/c28-23(19-5-1-3-7-21(19)26-17-9-13-24-14-10-17)20-6-2-4-8-22(20)27-18-11-15-25-16-12-18/h1-8,17-18,23,28H,9-16H2. The minimum atomic E-state index is -0.118.